The third-order valence-corrected chi connectivity index (χ3v) is 3.53. The molecule has 0 aliphatic heterocycles. The zero-order valence-electron chi connectivity index (χ0n) is 13.9. The molecule has 0 unspecified atom stereocenters. The predicted octanol–water partition coefficient (Wildman–Crippen LogP) is 4.37. The van der Waals surface area contributed by atoms with E-state index in [0.29, 0.717) is 18.9 Å². The van der Waals surface area contributed by atoms with Crippen LogP contribution in [0.25, 0.3) is 11.1 Å². The molecule has 0 heterocycles. The largest absolute Gasteiger partial charge is 0.399 e. The predicted molar refractivity (Wildman–Crippen MR) is 95.9 cm³/mol. The fourth-order valence-electron chi connectivity index (χ4n) is 2.31. The van der Waals surface area contributed by atoms with Crippen molar-refractivity contribution in [1.29, 1.82) is 0 Å². The van der Waals surface area contributed by atoms with Crippen molar-refractivity contribution in [3.8, 4) is 11.1 Å². The molecule has 0 aliphatic rings. The number of benzene rings is 2. The number of hydrogen-bond acceptors (Lipinski definition) is 4. The maximum atomic E-state index is 6.16. The molecule has 0 atom stereocenters. The van der Waals surface area contributed by atoms with Crippen molar-refractivity contribution in [2.24, 2.45) is 0 Å². The first-order valence-corrected chi connectivity index (χ1v) is 8.14. The summed E-state index contributed by atoms with van der Waals surface area (Å²) in [6, 6.07) is 13.7. The van der Waals surface area contributed by atoms with Gasteiger partial charge < -0.3 is 20.9 Å². The van der Waals surface area contributed by atoms with E-state index in [2.05, 4.69) is 13.8 Å². The Bertz CT molecular complexity index is 603. The first-order chi connectivity index (χ1) is 11.2. The monoisotopic (exact) mass is 314 g/mol. The third-order valence-electron chi connectivity index (χ3n) is 3.53. The molecular formula is C19H26N2O2. The Morgan fingerprint density at radius 3 is 1.96 bits per heavy atom. The molecule has 0 aliphatic carbocycles. The minimum absolute atomic E-state index is 0.427. The maximum Gasteiger partial charge on any atom is 0.185 e. The highest BCUT2D eigenvalue weighted by Gasteiger charge is 2.16. The minimum atomic E-state index is -0.427. The van der Waals surface area contributed by atoms with Gasteiger partial charge >= 0.3 is 0 Å². The van der Waals surface area contributed by atoms with Gasteiger partial charge in [0.1, 0.15) is 0 Å². The number of hydrogen-bond donors (Lipinski definition) is 2. The van der Waals surface area contributed by atoms with E-state index < -0.39 is 6.29 Å². The fourth-order valence-corrected chi connectivity index (χ4v) is 2.31. The van der Waals surface area contributed by atoms with Gasteiger partial charge in [-0.1, -0.05) is 32.0 Å². The average molecular weight is 314 g/mol. The Kier molecular flexibility index (Phi) is 6.44. The Morgan fingerprint density at radius 2 is 1.39 bits per heavy atom. The number of nitrogen functional groups attached to an aromatic ring is 2. The van der Waals surface area contributed by atoms with Gasteiger partial charge in [-0.3, -0.25) is 0 Å². The van der Waals surface area contributed by atoms with Gasteiger partial charge in [0.05, 0.1) is 0 Å². The average Bonchev–Trinajstić information content (AvgIpc) is 2.57. The first-order valence-electron chi connectivity index (χ1n) is 8.14. The number of anilines is 2. The Hall–Kier alpha value is -2.04. The zero-order chi connectivity index (χ0) is 16.7. The van der Waals surface area contributed by atoms with Crippen LogP contribution in [0.3, 0.4) is 0 Å². The molecule has 4 heteroatoms. The second kappa shape index (κ2) is 8.56. The minimum Gasteiger partial charge on any atom is -0.399 e. The van der Waals surface area contributed by atoms with E-state index in [0.717, 1.165) is 35.2 Å². The van der Waals surface area contributed by atoms with Gasteiger partial charge in [0, 0.05) is 30.2 Å². The lowest BCUT2D eigenvalue weighted by Gasteiger charge is -2.21. The normalized spacial score (nSPS) is 11.1. The van der Waals surface area contributed by atoms with Crippen LogP contribution in [-0.2, 0) is 9.47 Å². The highest BCUT2D eigenvalue weighted by Crippen LogP contribution is 2.31. The van der Waals surface area contributed by atoms with Crippen molar-refractivity contribution < 1.29 is 9.47 Å². The van der Waals surface area contributed by atoms with Crippen LogP contribution in [0.4, 0.5) is 11.4 Å². The summed E-state index contributed by atoms with van der Waals surface area (Å²) in [5, 5.41) is 0. The fraction of sp³-hybridized carbons (Fsp3) is 0.368. The SMILES string of the molecule is CCCOC(OCCC)c1cc(-c2ccc(N)cc2)ccc1N. The number of nitrogens with two attached hydrogens (primary N) is 2. The second-order valence-electron chi connectivity index (χ2n) is 5.54. The molecule has 0 fully saturated rings. The van der Waals surface area contributed by atoms with Crippen molar-refractivity contribution in [2.75, 3.05) is 24.7 Å². The molecular weight excluding hydrogens is 288 g/mol. The summed E-state index contributed by atoms with van der Waals surface area (Å²) in [5.41, 5.74) is 16.4. The molecule has 0 radical (unpaired) electrons. The first kappa shape index (κ1) is 17.3. The third kappa shape index (κ3) is 4.71. The highest BCUT2D eigenvalue weighted by atomic mass is 16.7. The van der Waals surface area contributed by atoms with E-state index in [1.807, 2.05) is 42.5 Å². The summed E-state index contributed by atoms with van der Waals surface area (Å²) in [5.74, 6) is 0. The van der Waals surface area contributed by atoms with E-state index in [4.69, 9.17) is 20.9 Å². The van der Waals surface area contributed by atoms with E-state index in [9.17, 15) is 0 Å². The smallest absolute Gasteiger partial charge is 0.185 e. The Morgan fingerprint density at radius 1 is 0.826 bits per heavy atom. The molecule has 124 valence electrons. The lowest BCUT2D eigenvalue weighted by atomic mass is 10.0. The van der Waals surface area contributed by atoms with Crippen LogP contribution < -0.4 is 11.5 Å². The van der Waals surface area contributed by atoms with E-state index in [1.54, 1.807) is 0 Å². The summed E-state index contributed by atoms with van der Waals surface area (Å²) < 4.78 is 11.7. The van der Waals surface area contributed by atoms with Gasteiger partial charge in [-0.15, -0.1) is 0 Å². The molecule has 4 N–H and O–H groups in total. The van der Waals surface area contributed by atoms with E-state index in [-0.39, 0.29) is 0 Å². The summed E-state index contributed by atoms with van der Waals surface area (Å²) in [4.78, 5) is 0. The van der Waals surface area contributed by atoms with E-state index in [1.165, 1.54) is 0 Å². The van der Waals surface area contributed by atoms with Gasteiger partial charge in [0.2, 0.25) is 0 Å². The number of rotatable bonds is 8. The topological polar surface area (TPSA) is 70.5 Å². The molecule has 4 nitrogen and oxygen atoms in total. The van der Waals surface area contributed by atoms with Crippen LogP contribution in [0.5, 0.6) is 0 Å². The molecule has 0 amide bonds. The lowest BCUT2D eigenvalue weighted by Crippen LogP contribution is -2.12. The van der Waals surface area contributed by atoms with Crippen LogP contribution in [0, 0.1) is 0 Å². The van der Waals surface area contributed by atoms with Crippen LogP contribution in [0.2, 0.25) is 0 Å². The van der Waals surface area contributed by atoms with Gasteiger partial charge in [0.15, 0.2) is 6.29 Å². The summed E-state index contributed by atoms with van der Waals surface area (Å²) in [6.07, 6.45) is 1.44. The van der Waals surface area contributed by atoms with Crippen LogP contribution in [-0.4, -0.2) is 13.2 Å². The van der Waals surface area contributed by atoms with Gasteiger partial charge in [0.25, 0.3) is 0 Å². The van der Waals surface area contributed by atoms with Crippen molar-refractivity contribution in [1.82, 2.24) is 0 Å². The molecule has 23 heavy (non-hydrogen) atoms. The standard InChI is InChI=1S/C19H26N2O2/c1-3-11-22-19(23-12-4-2)17-13-15(7-10-18(17)21)14-5-8-16(20)9-6-14/h5-10,13,19H,3-4,11-12,20-21H2,1-2H3. The molecule has 0 saturated heterocycles. The summed E-state index contributed by atoms with van der Waals surface area (Å²) in [6.45, 7) is 5.43. The molecule has 0 bridgehead atoms. The van der Waals surface area contributed by atoms with Crippen molar-refractivity contribution in [3.63, 3.8) is 0 Å². The van der Waals surface area contributed by atoms with Crippen LogP contribution in [0.15, 0.2) is 42.5 Å². The highest BCUT2D eigenvalue weighted by molar-refractivity contribution is 5.69. The van der Waals surface area contributed by atoms with E-state index >= 15 is 0 Å². The zero-order valence-corrected chi connectivity index (χ0v) is 13.9. The van der Waals surface area contributed by atoms with Gasteiger partial charge in [-0.25, -0.2) is 0 Å². The van der Waals surface area contributed by atoms with Gasteiger partial charge in [-0.2, -0.15) is 0 Å². The summed E-state index contributed by atoms with van der Waals surface area (Å²) >= 11 is 0. The van der Waals surface area contributed by atoms with Crippen LogP contribution >= 0.6 is 0 Å². The quantitative estimate of drug-likeness (QED) is 0.560. The molecule has 2 aromatic carbocycles. The molecule has 0 saturated carbocycles. The molecule has 0 spiro atoms. The second-order valence-corrected chi connectivity index (χ2v) is 5.54. The molecule has 0 aromatic heterocycles. The lowest BCUT2D eigenvalue weighted by molar-refractivity contribution is -0.146. The Labute approximate surface area is 138 Å². The van der Waals surface area contributed by atoms with Crippen molar-refractivity contribution in [2.45, 2.75) is 33.0 Å². The van der Waals surface area contributed by atoms with Crippen LogP contribution in [0.1, 0.15) is 38.5 Å². The molecule has 2 aromatic rings. The Balaban J connectivity index is 2.31. The molecule has 2 rings (SSSR count). The number of ether oxygens (including phenoxy) is 2. The van der Waals surface area contributed by atoms with Crippen molar-refractivity contribution >= 4 is 11.4 Å². The summed E-state index contributed by atoms with van der Waals surface area (Å²) in [7, 11) is 0. The van der Waals surface area contributed by atoms with Crippen molar-refractivity contribution in [3.05, 3.63) is 48.0 Å². The van der Waals surface area contributed by atoms with Gasteiger partial charge in [-0.05, 0) is 48.2 Å². The maximum absolute atomic E-state index is 6.16.